The van der Waals surface area contributed by atoms with Gasteiger partial charge in [-0.25, -0.2) is 0 Å². The quantitative estimate of drug-likeness (QED) is 0.520. The van der Waals surface area contributed by atoms with Crippen molar-refractivity contribution in [1.82, 2.24) is 4.72 Å². The first-order chi connectivity index (χ1) is 13.9. The minimum Gasteiger partial charge on any atom is -0.326 e. The molecule has 0 heterocycles. The number of benzene rings is 3. The summed E-state index contributed by atoms with van der Waals surface area (Å²) in [6.45, 7) is 6.39. The molecule has 0 fully saturated rings. The summed E-state index contributed by atoms with van der Waals surface area (Å²) in [6.07, 6.45) is 1.03. The minimum atomic E-state index is -0.0206. The van der Waals surface area contributed by atoms with Crippen molar-refractivity contribution in [3.63, 3.8) is 0 Å². The van der Waals surface area contributed by atoms with Crippen LogP contribution in [-0.2, 0) is 11.2 Å². The van der Waals surface area contributed by atoms with E-state index in [4.69, 9.17) is 5.26 Å². The molecule has 4 nitrogen and oxygen atoms in total. The lowest BCUT2D eigenvalue weighted by molar-refractivity contribution is -0.116. The van der Waals surface area contributed by atoms with E-state index in [2.05, 4.69) is 49.0 Å². The van der Waals surface area contributed by atoms with Crippen molar-refractivity contribution in [2.24, 2.45) is 0 Å². The molecule has 1 amide bonds. The summed E-state index contributed by atoms with van der Waals surface area (Å²) >= 11 is 1.61. The van der Waals surface area contributed by atoms with E-state index in [1.807, 2.05) is 36.4 Å². The Kier molecular flexibility index (Phi) is 6.58. The van der Waals surface area contributed by atoms with Gasteiger partial charge in [0, 0.05) is 27.9 Å². The maximum absolute atomic E-state index is 12.5. The fourth-order valence-electron chi connectivity index (χ4n) is 2.90. The average Bonchev–Trinajstić information content (AvgIpc) is 2.71. The van der Waals surface area contributed by atoms with E-state index in [0.29, 0.717) is 18.4 Å². The van der Waals surface area contributed by atoms with E-state index in [1.165, 1.54) is 0 Å². The van der Waals surface area contributed by atoms with Gasteiger partial charge >= 0.3 is 0 Å². The van der Waals surface area contributed by atoms with E-state index in [1.54, 1.807) is 24.1 Å². The molecular formula is C24H25N3OS. The summed E-state index contributed by atoms with van der Waals surface area (Å²) in [4.78, 5) is 13.6. The smallest absolute Gasteiger partial charge is 0.224 e. The van der Waals surface area contributed by atoms with E-state index in [-0.39, 0.29) is 11.4 Å². The highest BCUT2D eigenvalue weighted by molar-refractivity contribution is 7.97. The molecule has 0 unspecified atom stereocenters. The second-order valence-corrected chi connectivity index (χ2v) is 8.82. The van der Waals surface area contributed by atoms with Gasteiger partial charge < -0.3 is 5.32 Å². The van der Waals surface area contributed by atoms with Crippen LogP contribution in [0.2, 0.25) is 0 Å². The van der Waals surface area contributed by atoms with Crippen molar-refractivity contribution in [2.75, 3.05) is 5.32 Å². The number of aryl methyl sites for hydroxylation is 1. The fourth-order valence-corrected chi connectivity index (χ4v) is 3.75. The molecule has 0 aromatic heterocycles. The Balaban J connectivity index is 1.70. The SMILES string of the molecule is CC(C)(C)NSc1cccc2c(NC(=O)CCc3ccc(C#N)cc3)cccc12. The number of rotatable bonds is 6. The molecule has 3 rings (SSSR count). The average molecular weight is 404 g/mol. The van der Waals surface area contributed by atoms with Crippen LogP contribution in [0.1, 0.15) is 38.3 Å². The Bertz CT molecular complexity index is 1050. The van der Waals surface area contributed by atoms with Gasteiger partial charge in [0.1, 0.15) is 0 Å². The second kappa shape index (κ2) is 9.13. The van der Waals surface area contributed by atoms with Crippen molar-refractivity contribution in [1.29, 1.82) is 5.26 Å². The number of carbonyl (C=O) groups is 1. The third-order valence-electron chi connectivity index (χ3n) is 4.35. The predicted molar refractivity (Wildman–Crippen MR) is 121 cm³/mol. The molecule has 0 saturated carbocycles. The lowest BCUT2D eigenvalue weighted by Gasteiger charge is -2.20. The zero-order chi connectivity index (χ0) is 20.9. The molecule has 0 bridgehead atoms. The van der Waals surface area contributed by atoms with Crippen LogP contribution in [0.3, 0.4) is 0 Å². The van der Waals surface area contributed by atoms with Gasteiger partial charge in [-0.2, -0.15) is 5.26 Å². The van der Waals surface area contributed by atoms with Crippen molar-refractivity contribution in [2.45, 2.75) is 44.0 Å². The van der Waals surface area contributed by atoms with Crippen LogP contribution >= 0.6 is 11.9 Å². The van der Waals surface area contributed by atoms with Crippen LogP contribution in [0.5, 0.6) is 0 Å². The van der Waals surface area contributed by atoms with Crippen molar-refractivity contribution < 1.29 is 4.79 Å². The molecule has 3 aromatic rings. The van der Waals surface area contributed by atoms with Gasteiger partial charge in [-0.15, -0.1) is 0 Å². The number of nitrogens with zero attached hydrogens (tertiary/aromatic N) is 1. The number of hydrogen-bond acceptors (Lipinski definition) is 4. The molecule has 0 atom stereocenters. The molecule has 0 spiro atoms. The third-order valence-corrected chi connectivity index (χ3v) is 5.64. The van der Waals surface area contributed by atoms with Gasteiger partial charge in [0.15, 0.2) is 0 Å². The van der Waals surface area contributed by atoms with Crippen LogP contribution in [0.25, 0.3) is 10.8 Å². The van der Waals surface area contributed by atoms with Gasteiger partial charge in [0.05, 0.1) is 11.6 Å². The summed E-state index contributed by atoms with van der Waals surface area (Å²) in [5.41, 5.74) is 2.50. The largest absolute Gasteiger partial charge is 0.326 e. The standard InChI is InChI=1S/C24H25N3OS/c1-24(2,3)27-29-22-9-5-6-19-20(22)7-4-8-21(19)26-23(28)15-14-17-10-12-18(16-25)13-11-17/h4-13,27H,14-15H2,1-3H3,(H,26,28). The second-order valence-electron chi connectivity index (χ2n) is 7.97. The molecule has 0 aliphatic heterocycles. The van der Waals surface area contributed by atoms with E-state index in [9.17, 15) is 4.79 Å². The summed E-state index contributed by atoms with van der Waals surface area (Å²) < 4.78 is 3.45. The van der Waals surface area contributed by atoms with Crippen molar-refractivity contribution >= 4 is 34.3 Å². The van der Waals surface area contributed by atoms with Gasteiger partial charge in [-0.1, -0.05) is 36.4 Å². The van der Waals surface area contributed by atoms with Crippen LogP contribution in [0.4, 0.5) is 5.69 Å². The Labute approximate surface area is 176 Å². The van der Waals surface area contributed by atoms with Crippen molar-refractivity contribution in [3.8, 4) is 6.07 Å². The highest BCUT2D eigenvalue weighted by atomic mass is 32.2. The number of anilines is 1. The zero-order valence-corrected chi connectivity index (χ0v) is 17.8. The highest BCUT2D eigenvalue weighted by Crippen LogP contribution is 2.31. The summed E-state index contributed by atoms with van der Waals surface area (Å²) in [6, 6.07) is 21.6. The molecule has 2 N–H and O–H groups in total. The number of nitriles is 1. The van der Waals surface area contributed by atoms with Crippen LogP contribution in [-0.4, -0.2) is 11.4 Å². The molecule has 0 saturated heterocycles. The van der Waals surface area contributed by atoms with E-state index >= 15 is 0 Å². The first-order valence-corrected chi connectivity index (χ1v) is 10.4. The van der Waals surface area contributed by atoms with Crippen LogP contribution in [0.15, 0.2) is 65.6 Å². The summed E-state index contributed by atoms with van der Waals surface area (Å²) in [5.74, 6) is -0.0206. The number of amides is 1. The summed E-state index contributed by atoms with van der Waals surface area (Å²) in [5, 5.41) is 14.1. The molecular weight excluding hydrogens is 378 g/mol. The number of fused-ring (bicyclic) bond motifs is 1. The summed E-state index contributed by atoms with van der Waals surface area (Å²) in [7, 11) is 0. The van der Waals surface area contributed by atoms with Gasteiger partial charge in [0.25, 0.3) is 0 Å². The number of hydrogen-bond donors (Lipinski definition) is 2. The predicted octanol–water partition coefficient (Wildman–Crippen LogP) is 5.68. The first kappa shape index (κ1) is 20.9. The maximum Gasteiger partial charge on any atom is 0.224 e. The Hall–Kier alpha value is -2.81. The minimum absolute atomic E-state index is 0.00407. The lowest BCUT2D eigenvalue weighted by Crippen LogP contribution is -2.29. The van der Waals surface area contributed by atoms with E-state index < -0.39 is 0 Å². The van der Waals surface area contributed by atoms with Gasteiger partial charge in [-0.05, 0) is 74.4 Å². The highest BCUT2D eigenvalue weighted by Gasteiger charge is 2.12. The lowest BCUT2D eigenvalue weighted by atomic mass is 10.1. The molecule has 3 aromatic carbocycles. The Morgan fingerprint density at radius 3 is 2.38 bits per heavy atom. The number of nitrogens with one attached hydrogen (secondary N) is 2. The molecule has 148 valence electrons. The molecule has 29 heavy (non-hydrogen) atoms. The Morgan fingerprint density at radius 1 is 1.00 bits per heavy atom. The topological polar surface area (TPSA) is 64.9 Å². The van der Waals surface area contributed by atoms with E-state index in [0.717, 1.165) is 26.9 Å². The molecule has 0 radical (unpaired) electrons. The van der Waals surface area contributed by atoms with Gasteiger partial charge in [0.2, 0.25) is 5.91 Å². The fraction of sp³-hybridized carbons (Fsp3) is 0.250. The zero-order valence-electron chi connectivity index (χ0n) is 17.0. The Morgan fingerprint density at radius 2 is 1.69 bits per heavy atom. The molecule has 0 aliphatic rings. The first-order valence-electron chi connectivity index (χ1n) is 9.60. The number of carbonyl (C=O) groups excluding carboxylic acids is 1. The monoisotopic (exact) mass is 403 g/mol. The third kappa shape index (κ3) is 5.83. The van der Waals surface area contributed by atoms with Gasteiger partial charge in [-0.3, -0.25) is 9.52 Å². The molecule has 0 aliphatic carbocycles. The maximum atomic E-state index is 12.5. The van der Waals surface area contributed by atoms with Crippen LogP contribution in [0, 0.1) is 11.3 Å². The normalized spacial score (nSPS) is 11.2. The molecule has 5 heteroatoms. The van der Waals surface area contributed by atoms with Crippen LogP contribution < -0.4 is 10.0 Å². The van der Waals surface area contributed by atoms with Crippen molar-refractivity contribution in [3.05, 3.63) is 71.8 Å².